The smallest absolute Gasteiger partial charge is 0.201 e. The van der Waals surface area contributed by atoms with Gasteiger partial charge in [0.25, 0.3) is 0 Å². The van der Waals surface area contributed by atoms with Crippen molar-refractivity contribution in [2.75, 3.05) is 13.7 Å². The first-order valence-electron chi connectivity index (χ1n) is 12.7. The summed E-state index contributed by atoms with van der Waals surface area (Å²) in [4.78, 5) is 0. The van der Waals surface area contributed by atoms with E-state index in [2.05, 4.69) is 0 Å². The highest BCUT2D eigenvalue weighted by Crippen LogP contribution is 2.41. The van der Waals surface area contributed by atoms with Gasteiger partial charge in [0.05, 0.1) is 12.7 Å². The van der Waals surface area contributed by atoms with Crippen LogP contribution in [-0.4, -0.2) is 19.8 Å². The Balaban J connectivity index is 1.37. The van der Waals surface area contributed by atoms with Crippen LogP contribution in [0.4, 0.5) is 17.6 Å². The van der Waals surface area contributed by atoms with Crippen LogP contribution in [0.15, 0.2) is 30.3 Å². The number of allylic oxidation sites excluding steroid dienone is 1. The molecule has 2 aromatic carbocycles. The Morgan fingerprint density at radius 2 is 1.31 bits per heavy atom. The van der Waals surface area contributed by atoms with Crippen LogP contribution in [0.5, 0.6) is 5.75 Å². The fourth-order valence-electron chi connectivity index (χ4n) is 5.62. The maximum atomic E-state index is 15.1. The normalized spacial score (nSPS) is 25.2. The van der Waals surface area contributed by atoms with Crippen molar-refractivity contribution in [3.8, 4) is 5.75 Å². The van der Waals surface area contributed by atoms with E-state index < -0.39 is 23.3 Å². The molecule has 190 valence electrons. The molecular formula is C29H34F4O2. The topological polar surface area (TPSA) is 18.5 Å². The molecule has 0 heterocycles. The van der Waals surface area contributed by atoms with Crippen molar-refractivity contribution in [3.05, 3.63) is 70.3 Å². The molecule has 2 aliphatic rings. The highest BCUT2D eigenvalue weighted by molar-refractivity contribution is 5.52. The van der Waals surface area contributed by atoms with Gasteiger partial charge in [-0.25, -0.2) is 13.2 Å². The van der Waals surface area contributed by atoms with Gasteiger partial charge < -0.3 is 9.47 Å². The monoisotopic (exact) mass is 490 g/mol. The van der Waals surface area contributed by atoms with Crippen LogP contribution in [0, 0.1) is 29.2 Å². The average Bonchev–Trinajstić information content (AvgIpc) is 2.88. The Bertz CT molecular complexity index is 1040. The molecule has 2 nitrogen and oxygen atoms in total. The molecule has 0 amide bonds. The first-order chi connectivity index (χ1) is 16.9. The van der Waals surface area contributed by atoms with Crippen LogP contribution in [-0.2, 0) is 4.74 Å². The van der Waals surface area contributed by atoms with E-state index in [1.807, 2.05) is 6.08 Å². The number of rotatable bonds is 7. The molecule has 0 spiro atoms. The molecular weight excluding hydrogens is 456 g/mol. The van der Waals surface area contributed by atoms with E-state index >= 15 is 8.78 Å². The van der Waals surface area contributed by atoms with Crippen molar-refractivity contribution in [3.63, 3.8) is 0 Å². The van der Waals surface area contributed by atoms with Gasteiger partial charge in [-0.3, -0.25) is 0 Å². The number of benzene rings is 2. The maximum absolute atomic E-state index is 15.1. The van der Waals surface area contributed by atoms with E-state index in [1.165, 1.54) is 12.1 Å². The number of hydrogen-bond acceptors (Lipinski definition) is 2. The van der Waals surface area contributed by atoms with Crippen molar-refractivity contribution in [2.45, 2.75) is 76.2 Å². The molecule has 0 saturated heterocycles. The third-order valence-electron chi connectivity index (χ3n) is 7.73. The summed E-state index contributed by atoms with van der Waals surface area (Å²) in [5.74, 6) is -3.21. The Labute approximate surface area is 205 Å². The second-order valence-corrected chi connectivity index (χ2v) is 9.77. The molecule has 35 heavy (non-hydrogen) atoms. The van der Waals surface area contributed by atoms with E-state index in [9.17, 15) is 8.78 Å². The van der Waals surface area contributed by atoms with Crippen molar-refractivity contribution in [2.24, 2.45) is 5.92 Å². The lowest BCUT2D eigenvalue weighted by Gasteiger charge is -2.30. The van der Waals surface area contributed by atoms with Gasteiger partial charge in [0.2, 0.25) is 5.82 Å². The third-order valence-corrected chi connectivity index (χ3v) is 7.73. The quantitative estimate of drug-likeness (QED) is 0.364. The van der Waals surface area contributed by atoms with Crippen molar-refractivity contribution in [1.82, 2.24) is 0 Å². The largest absolute Gasteiger partial charge is 0.491 e. The molecule has 2 fully saturated rings. The molecule has 0 aliphatic heterocycles. The van der Waals surface area contributed by atoms with Crippen molar-refractivity contribution >= 4 is 6.08 Å². The number of methoxy groups -OCH3 is 1. The molecule has 4 rings (SSSR count). The SMILES string of the molecule is CCOc1ccc(/C=C/C2CCC(c3ccc(C4CCC(OC)CC4)c(F)c3F)CC2)c(F)c1F. The molecule has 0 aromatic heterocycles. The maximum Gasteiger partial charge on any atom is 0.201 e. The molecule has 0 N–H and O–H groups in total. The van der Waals surface area contributed by atoms with Gasteiger partial charge in [-0.1, -0.05) is 24.3 Å². The molecule has 2 saturated carbocycles. The minimum absolute atomic E-state index is 0.0351. The van der Waals surface area contributed by atoms with E-state index in [1.54, 1.807) is 32.2 Å². The van der Waals surface area contributed by atoms with Gasteiger partial charge in [-0.2, -0.15) is 4.39 Å². The lowest BCUT2D eigenvalue weighted by molar-refractivity contribution is 0.0655. The third kappa shape index (κ3) is 5.74. The van der Waals surface area contributed by atoms with Crippen molar-refractivity contribution in [1.29, 1.82) is 0 Å². The van der Waals surface area contributed by atoms with E-state index in [-0.39, 0.29) is 41.8 Å². The second-order valence-electron chi connectivity index (χ2n) is 9.77. The van der Waals surface area contributed by atoms with Crippen LogP contribution >= 0.6 is 0 Å². The fourth-order valence-corrected chi connectivity index (χ4v) is 5.62. The molecule has 0 atom stereocenters. The van der Waals surface area contributed by atoms with Crippen LogP contribution in [0.25, 0.3) is 6.08 Å². The Morgan fingerprint density at radius 3 is 1.86 bits per heavy atom. The van der Waals surface area contributed by atoms with Gasteiger partial charge in [0.1, 0.15) is 0 Å². The summed E-state index contributed by atoms with van der Waals surface area (Å²) in [5, 5.41) is 0. The molecule has 6 heteroatoms. The summed E-state index contributed by atoms with van der Waals surface area (Å²) >= 11 is 0. The predicted octanol–water partition coefficient (Wildman–Crippen LogP) is 8.30. The van der Waals surface area contributed by atoms with E-state index in [0.717, 1.165) is 51.4 Å². The summed E-state index contributed by atoms with van der Waals surface area (Å²) in [5.41, 5.74) is 1.12. The number of hydrogen-bond donors (Lipinski definition) is 0. The van der Waals surface area contributed by atoms with Crippen LogP contribution in [0.1, 0.15) is 86.8 Å². The molecule has 0 unspecified atom stereocenters. The standard InChI is InChI=1S/C29H34F4O2/c1-3-35-25-17-12-21(26(30)29(25)33)9-6-18-4-7-19(8-5-18)23-15-16-24(28(32)27(23)31)20-10-13-22(34-2)14-11-20/h6,9,12,15-20,22H,3-5,7-8,10-11,13-14H2,1-2H3/b9-6+. The second kappa shape index (κ2) is 11.6. The minimum atomic E-state index is -0.981. The zero-order valence-corrected chi connectivity index (χ0v) is 20.5. The van der Waals surface area contributed by atoms with Gasteiger partial charge in [0, 0.05) is 12.7 Å². The Morgan fingerprint density at radius 1 is 0.743 bits per heavy atom. The summed E-state index contributed by atoms with van der Waals surface area (Å²) in [6.07, 6.45) is 10.1. The zero-order chi connectivity index (χ0) is 24.9. The highest BCUT2D eigenvalue weighted by atomic mass is 19.2. The van der Waals surface area contributed by atoms with Crippen molar-refractivity contribution < 1.29 is 27.0 Å². The van der Waals surface area contributed by atoms with E-state index in [0.29, 0.717) is 11.1 Å². The Hall–Kier alpha value is -2.34. The van der Waals surface area contributed by atoms with Gasteiger partial charge in [-0.15, -0.1) is 0 Å². The first kappa shape index (κ1) is 25.7. The summed E-state index contributed by atoms with van der Waals surface area (Å²) in [6.45, 7) is 1.97. The molecule has 0 radical (unpaired) electrons. The van der Waals surface area contributed by atoms with E-state index in [4.69, 9.17) is 9.47 Å². The first-order valence-corrected chi connectivity index (χ1v) is 12.7. The van der Waals surface area contributed by atoms with Crippen LogP contribution in [0.3, 0.4) is 0 Å². The van der Waals surface area contributed by atoms with Gasteiger partial charge in [-0.05, 0) is 99.3 Å². The fraction of sp³-hybridized carbons (Fsp3) is 0.517. The van der Waals surface area contributed by atoms with Crippen LogP contribution in [0.2, 0.25) is 0 Å². The Kier molecular flexibility index (Phi) is 8.53. The van der Waals surface area contributed by atoms with Gasteiger partial charge in [0.15, 0.2) is 23.2 Å². The van der Waals surface area contributed by atoms with Crippen LogP contribution < -0.4 is 4.74 Å². The highest BCUT2D eigenvalue weighted by Gasteiger charge is 2.29. The molecule has 0 bridgehead atoms. The summed E-state index contributed by atoms with van der Waals surface area (Å²) in [7, 11) is 1.70. The lowest BCUT2D eigenvalue weighted by Crippen LogP contribution is -2.20. The molecule has 2 aliphatic carbocycles. The zero-order valence-electron chi connectivity index (χ0n) is 20.5. The average molecular weight is 491 g/mol. The number of halogens is 4. The summed E-state index contributed by atoms with van der Waals surface area (Å²) < 4.78 is 69.0. The minimum Gasteiger partial charge on any atom is -0.491 e. The summed E-state index contributed by atoms with van der Waals surface area (Å²) in [6, 6.07) is 6.49. The predicted molar refractivity (Wildman–Crippen MR) is 130 cm³/mol. The van der Waals surface area contributed by atoms with Gasteiger partial charge >= 0.3 is 0 Å². The molecule has 2 aromatic rings. The lowest BCUT2D eigenvalue weighted by atomic mass is 9.77. The number of ether oxygens (including phenoxy) is 2.